The smallest absolute Gasteiger partial charge is 0.338 e. The first-order chi connectivity index (χ1) is 12.5. The van der Waals surface area contributed by atoms with Gasteiger partial charge in [0.2, 0.25) is 0 Å². The topological polar surface area (TPSA) is 75.6 Å². The monoisotopic (exact) mass is 357 g/mol. The standard InChI is InChI=1S/C21H27NO4/c1-13(26-20(25)18-4-2-14(12-23)3-5-18)19(24)22-21-9-15-6-16(10-21)8-17(7-15)11-21/h2-5,13,15-17,23H,6-12H2,1H3,(H,22,24)/t13-,15?,16?,17?,21?/m0/s1. The van der Waals surface area contributed by atoms with Gasteiger partial charge in [0.15, 0.2) is 6.10 Å². The van der Waals surface area contributed by atoms with Crippen LogP contribution in [0.1, 0.15) is 61.4 Å². The highest BCUT2D eigenvalue weighted by atomic mass is 16.5. The highest BCUT2D eigenvalue weighted by Gasteiger charge is 2.51. The number of carbonyl (C=O) groups is 2. The summed E-state index contributed by atoms with van der Waals surface area (Å²) in [5.74, 6) is 1.56. The molecule has 140 valence electrons. The molecule has 0 aliphatic heterocycles. The molecular weight excluding hydrogens is 330 g/mol. The van der Waals surface area contributed by atoms with Crippen LogP contribution >= 0.6 is 0 Å². The first kappa shape index (κ1) is 17.5. The average molecular weight is 357 g/mol. The molecular formula is C21H27NO4. The van der Waals surface area contributed by atoms with Crippen LogP contribution in [0.2, 0.25) is 0 Å². The van der Waals surface area contributed by atoms with Gasteiger partial charge in [-0.05, 0) is 80.9 Å². The molecule has 1 aromatic carbocycles. The third-order valence-corrected chi connectivity index (χ3v) is 6.45. The van der Waals surface area contributed by atoms with Gasteiger partial charge in [0.1, 0.15) is 0 Å². The summed E-state index contributed by atoms with van der Waals surface area (Å²) in [5.41, 5.74) is 1.04. The van der Waals surface area contributed by atoms with E-state index in [2.05, 4.69) is 5.32 Å². The van der Waals surface area contributed by atoms with E-state index in [9.17, 15) is 9.59 Å². The van der Waals surface area contributed by atoms with E-state index in [1.165, 1.54) is 19.3 Å². The fourth-order valence-electron chi connectivity index (χ4n) is 5.66. The molecule has 4 fully saturated rings. The minimum Gasteiger partial charge on any atom is -0.449 e. The number of nitrogens with one attached hydrogen (secondary N) is 1. The maximum absolute atomic E-state index is 12.7. The van der Waals surface area contributed by atoms with E-state index in [0.29, 0.717) is 5.56 Å². The number of rotatable bonds is 5. The second-order valence-corrected chi connectivity index (χ2v) is 8.59. The van der Waals surface area contributed by atoms with Gasteiger partial charge in [-0.15, -0.1) is 0 Å². The quantitative estimate of drug-likeness (QED) is 0.795. The van der Waals surface area contributed by atoms with Crippen molar-refractivity contribution < 1.29 is 19.4 Å². The summed E-state index contributed by atoms with van der Waals surface area (Å²) in [6.07, 6.45) is 6.39. The Balaban J connectivity index is 1.36. The van der Waals surface area contributed by atoms with Crippen molar-refractivity contribution >= 4 is 11.9 Å². The summed E-state index contributed by atoms with van der Waals surface area (Å²) in [6.45, 7) is 1.56. The molecule has 1 aromatic rings. The number of aliphatic hydroxyl groups is 1. The Morgan fingerprint density at radius 2 is 1.65 bits per heavy atom. The number of amides is 1. The Bertz CT molecular complexity index is 661. The van der Waals surface area contributed by atoms with Gasteiger partial charge >= 0.3 is 5.97 Å². The minimum atomic E-state index is -0.812. The van der Waals surface area contributed by atoms with Crippen molar-refractivity contribution in [1.82, 2.24) is 5.32 Å². The van der Waals surface area contributed by atoms with Crippen molar-refractivity contribution in [3.05, 3.63) is 35.4 Å². The molecule has 2 N–H and O–H groups in total. The van der Waals surface area contributed by atoms with E-state index in [4.69, 9.17) is 9.84 Å². The molecule has 0 saturated heterocycles. The Morgan fingerprint density at radius 3 is 2.15 bits per heavy atom. The Hall–Kier alpha value is -1.88. The van der Waals surface area contributed by atoms with Crippen LogP contribution in [-0.2, 0) is 16.1 Å². The van der Waals surface area contributed by atoms with Crippen LogP contribution in [0, 0.1) is 17.8 Å². The zero-order valence-electron chi connectivity index (χ0n) is 15.2. The van der Waals surface area contributed by atoms with Gasteiger partial charge < -0.3 is 15.2 Å². The second-order valence-electron chi connectivity index (χ2n) is 8.59. The van der Waals surface area contributed by atoms with Crippen molar-refractivity contribution in [3.8, 4) is 0 Å². The predicted octanol–water partition coefficient (Wildman–Crippen LogP) is 2.81. The fourth-order valence-corrected chi connectivity index (χ4v) is 5.66. The van der Waals surface area contributed by atoms with Crippen molar-refractivity contribution in [3.63, 3.8) is 0 Å². The summed E-state index contributed by atoms with van der Waals surface area (Å²) in [4.78, 5) is 24.9. The van der Waals surface area contributed by atoms with Gasteiger partial charge in [0, 0.05) is 5.54 Å². The van der Waals surface area contributed by atoms with Gasteiger partial charge in [-0.1, -0.05) is 12.1 Å². The molecule has 0 radical (unpaired) electrons. The van der Waals surface area contributed by atoms with E-state index >= 15 is 0 Å². The lowest BCUT2D eigenvalue weighted by Crippen LogP contribution is -2.61. The molecule has 4 aliphatic carbocycles. The van der Waals surface area contributed by atoms with Crippen LogP contribution < -0.4 is 5.32 Å². The number of ether oxygens (including phenoxy) is 1. The van der Waals surface area contributed by atoms with E-state index in [1.807, 2.05) is 0 Å². The SMILES string of the molecule is C[C@H](OC(=O)c1ccc(CO)cc1)C(=O)NC12CC3CC(CC(C3)C1)C2. The van der Waals surface area contributed by atoms with Crippen LogP contribution in [-0.4, -0.2) is 28.6 Å². The molecule has 4 bridgehead atoms. The van der Waals surface area contributed by atoms with Crippen molar-refractivity contribution in [2.75, 3.05) is 0 Å². The van der Waals surface area contributed by atoms with E-state index in [-0.39, 0.29) is 18.1 Å². The summed E-state index contributed by atoms with van der Waals surface area (Å²) in [6, 6.07) is 6.57. The number of aliphatic hydroxyl groups excluding tert-OH is 1. The molecule has 0 spiro atoms. The molecule has 1 amide bonds. The van der Waals surface area contributed by atoms with Crippen LogP contribution in [0.5, 0.6) is 0 Å². The van der Waals surface area contributed by atoms with E-state index < -0.39 is 12.1 Å². The average Bonchev–Trinajstić information content (AvgIpc) is 2.60. The van der Waals surface area contributed by atoms with Gasteiger partial charge in [0.25, 0.3) is 5.91 Å². The molecule has 0 aromatic heterocycles. The third kappa shape index (κ3) is 3.37. The van der Waals surface area contributed by atoms with Crippen LogP contribution in [0.3, 0.4) is 0 Å². The van der Waals surface area contributed by atoms with Gasteiger partial charge in [-0.2, -0.15) is 0 Å². The summed E-state index contributed by atoms with van der Waals surface area (Å²) in [5, 5.41) is 12.3. The zero-order chi connectivity index (χ0) is 18.3. The van der Waals surface area contributed by atoms with Gasteiger partial charge in [0.05, 0.1) is 12.2 Å². The van der Waals surface area contributed by atoms with Crippen LogP contribution in [0.15, 0.2) is 24.3 Å². The second kappa shape index (κ2) is 6.69. The molecule has 5 rings (SSSR count). The Labute approximate surface area is 154 Å². The van der Waals surface area contributed by atoms with Crippen LogP contribution in [0.25, 0.3) is 0 Å². The van der Waals surface area contributed by atoms with E-state index in [1.54, 1.807) is 31.2 Å². The predicted molar refractivity (Wildman–Crippen MR) is 96.3 cm³/mol. The molecule has 5 nitrogen and oxygen atoms in total. The summed E-state index contributed by atoms with van der Waals surface area (Å²) < 4.78 is 5.37. The third-order valence-electron chi connectivity index (χ3n) is 6.45. The van der Waals surface area contributed by atoms with Gasteiger partial charge in [-0.3, -0.25) is 4.79 Å². The summed E-state index contributed by atoms with van der Waals surface area (Å²) in [7, 11) is 0. The molecule has 0 unspecified atom stereocenters. The molecule has 5 heteroatoms. The Kier molecular flexibility index (Phi) is 4.51. The number of hydrogen-bond donors (Lipinski definition) is 2. The largest absolute Gasteiger partial charge is 0.449 e. The number of carbonyl (C=O) groups excluding carboxylic acids is 2. The lowest BCUT2D eigenvalue weighted by atomic mass is 9.53. The van der Waals surface area contributed by atoms with E-state index in [0.717, 1.165) is 42.6 Å². The minimum absolute atomic E-state index is 0.0702. The highest BCUT2D eigenvalue weighted by Crippen LogP contribution is 2.55. The Morgan fingerprint density at radius 1 is 1.12 bits per heavy atom. The molecule has 0 heterocycles. The molecule has 26 heavy (non-hydrogen) atoms. The number of benzene rings is 1. The lowest BCUT2D eigenvalue weighted by molar-refractivity contribution is -0.134. The molecule has 4 aliphatic rings. The number of hydrogen-bond acceptors (Lipinski definition) is 4. The maximum atomic E-state index is 12.7. The highest BCUT2D eigenvalue weighted by molar-refractivity contribution is 5.92. The summed E-state index contributed by atoms with van der Waals surface area (Å²) >= 11 is 0. The lowest BCUT2D eigenvalue weighted by Gasteiger charge is -2.57. The van der Waals surface area contributed by atoms with Crippen LogP contribution in [0.4, 0.5) is 0 Å². The molecule has 4 saturated carbocycles. The normalized spacial score (nSPS) is 32.9. The fraction of sp³-hybridized carbons (Fsp3) is 0.619. The zero-order valence-corrected chi connectivity index (χ0v) is 15.2. The molecule has 1 atom stereocenters. The maximum Gasteiger partial charge on any atom is 0.338 e. The van der Waals surface area contributed by atoms with Crippen molar-refractivity contribution in [2.45, 2.75) is 63.7 Å². The van der Waals surface area contributed by atoms with Crippen molar-refractivity contribution in [1.29, 1.82) is 0 Å². The number of esters is 1. The first-order valence-electron chi connectivity index (χ1n) is 9.69. The van der Waals surface area contributed by atoms with Crippen molar-refractivity contribution in [2.24, 2.45) is 17.8 Å². The first-order valence-corrected chi connectivity index (χ1v) is 9.69. The van der Waals surface area contributed by atoms with Gasteiger partial charge in [-0.25, -0.2) is 4.79 Å².